The minimum Gasteiger partial charge on any atom is -0.496 e. The van der Waals surface area contributed by atoms with Crippen molar-refractivity contribution in [2.75, 3.05) is 18.7 Å². The lowest BCUT2D eigenvalue weighted by Gasteiger charge is -2.07. The van der Waals surface area contributed by atoms with Crippen LogP contribution in [0, 0.1) is 11.8 Å². The topological polar surface area (TPSA) is 66.0 Å². The average Bonchev–Trinajstić information content (AvgIpc) is 2.80. The molecule has 6 heteroatoms. The molecule has 2 rings (SSSR count). The summed E-state index contributed by atoms with van der Waals surface area (Å²) in [7, 11) is 1.61. The van der Waals surface area contributed by atoms with E-state index in [1.54, 1.807) is 14.0 Å². The zero-order valence-electron chi connectivity index (χ0n) is 10.8. The molecule has 1 aromatic heterocycles. The Balaban J connectivity index is 2.32. The van der Waals surface area contributed by atoms with Crippen molar-refractivity contribution in [3.05, 3.63) is 24.3 Å². The molecule has 0 atom stereocenters. The maximum Gasteiger partial charge on any atom is 0.211 e. The Hall–Kier alpha value is -2.13. The molecule has 0 amide bonds. The Labute approximate surface area is 116 Å². The van der Waals surface area contributed by atoms with Crippen LogP contribution in [0.5, 0.6) is 5.75 Å². The number of hydrogen-bond acceptors (Lipinski definition) is 5. The third-order valence-electron chi connectivity index (χ3n) is 2.46. The molecule has 2 N–H and O–H groups in total. The average molecular weight is 274 g/mol. The molecule has 1 aromatic carbocycles. The third-order valence-corrected chi connectivity index (χ3v) is 3.29. The van der Waals surface area contributed by atoms with Crippen molar-refractivity contribution in [3.63, 3.8) is 0 Å². The molecule has 2 aromatic rings. The summed E-state index contributed by atoms with van der Waals surface area (Å²) in [5, 5.41) is 8.81. The SMILES string of the molecule is CC#CCSc1nnc(-c2ccccc2OC)n1N. The fourth-order valence-electron chi connectivity index (χ4n) is 1.56. The van der Waals surface area contributed by atoms with Gasteiger partial charge in [-0.1, -0.05) is 29.8 Å². The summed E-state index contributed by atoms with van der Waals surface area (Å²) >= 11 is 1.45. The Bertz CT molecular complexity index is 627. The number of thioether (sulfide) groups is 1. The van der Waals surface area contributed by atoms with Gasteiger partial charge in [0.2, 0.25) is 5.16 Å². The lowest BCUT2D eigenvalue weighted by molar-refractivity contribution is 0.416. The van der Waals surface area contributed by atoms with Crippen molar-refractivity contribution in [2.24, 2.45) is 0 Å². The number of ether oxygens (including phenoxy) is 1. The van der Waals surface area contributed by atoms with Crippen LogP contribution < -0.4 is 10.6 Å². The highest BCUT2D eigenvalue weighted by Gasteiger charge is 2.15. The molecule has 0 saturated heterocycles. The summed E-state index contributed by atoms with van der Waals surface area (Å²) in [4.78, 5) is 0. The summed E-state index contributed by atoms with van der Waals surface area (Å²) in [5.74, 6) is 13.7. The Morgan fingerprint density at radius 2 is 2.16 bits per heavy atom. The van der Waals surface area contributed by atoms with Crippen molar-refractivity contribution in [1.82, 2.24) is 14.9 Å². The first-order valence-electron chi connectivity index (χ1n) is 5.64. The highest BCUT2D eigenvalue weighted by atomic mass is 32.2. The molecular formula is C13H14N4OS. The van der Waals surface area contributed by atoms with Gasteiger partial charge in [0.25, 0.3) is 0 Å². The van der Waals surface area contributed by atoms with Crippen molar-refractivity contribution in [2.45, 2.75) is 12.1 Å². The second-order valence-corrected chi connectivity index (χ2v) is 4.53. The van der Waals surface area contributed by atoms with E-state index >= 15 is 0 Å². The van der Waals surface area contributed by atoms with Crippen molar-refractivity contribution < 1.29 is 4.74 Å². The molecule has 0 spiro atoms. The Kier molecular flexibility index (Phi) is 4.31. The Morgan fingerprint density at radius 1 is 1.37 bits per heavy atom. The second-order valence-electron chi connectivity index (χ2n) is 3.59. The molecular weight excluding hydrogens is 260 g/mol. The predicted molar refractivity (Wildman–Crippen MR) is 76.3 cm³/mol. The van der Waals surface area contributed by atoms with Gasteiger partial charge >= 0.3 is 0 Å². The van der Waals surface area contributed by atoms with Gasteiger partial charge in [-0.2, -0.15) is 0 Å². The predicted octanol–water partition coefficient (Wildman–Crippen LogP) is 1.78. The normalized spacial score (nSPS) is 9.79. The van der Waals surface area contributed by atoms with E-state index in [0.717, 1.165) is 5.56 Å². The van der Waals surface area contributed by atoms with Crippen molar-refractivity contribution >= 4 is 11.8 Å². The molecule has 5 nitrogen and oxygen atoms in total. The lowest BCUT2D eigenvalue weighted by atomic mass is 10.2. The van der Waals surface area contributed by atoms with Crippen LogP contribution in [0.25, 0.3) is 11.4 Å². The highest BCUT2D eigenvalue weighted by molar-refractivity contribution is 7.99. The van der Waals surface area contributed by atoms with Gasteiger partial charge in [0, 0.05) is 0 Å². The van der Waals surface area contributed by atoms with Gasteiger partial charge in [-0.25, -0.2) is 4.68 Å². The molecule has 19 heavy (non-hydrogen) atoms. The fourth-order valence-corrected chi connectivity index (χ4v) is 2.23. The van der Waals surface area contributed by atoms with E-state index in [2.05, 4.69) is 22.0 Å². The molecule has 0 bridgehead atoms. The van der Waals surface area contributed by atoms with Gasteiger partial charge in [-0.3, -0.25) is 0 Å². The third kappa shape index (κ3) is 2.83. The summed E-state index contributed by atoms with van der Waals surface area (Å²) in [6, 6.07) is 7.56. The number of nitrogen functional groups attached to an aromatic ring is 1. The van der Waals surface area contributed by atoms with E-state index in [9.17, 15) is 0 Å². The minimum atomic E-state index is 0.574. The molecule has 1 heterocycles. The van der Waals surface area contributed by atoms with Crippen LogP contribution in [0.1, 0.15) is 6.92 Å². The number of aromatic nitrogens is 3. The van der Waals surface area contributed by atoms with Gasteiger partial charge in [0.15, 0.2) is 5.82 Å². The maximum absolute atomic E-state index is 6.01. The largest absolute Gasteiger partial charge is 0.496 e. The molecule has 98 valence electrons. The summed E-state index contributed by atoms with van der Waals surface area (Å²) < 4.78 is 6.75. The van der Waals surface area contributed by atoms with E-state index in [1.807, 2.05) is 24.3 Å². The number of benzene rings is 1. The molecule has 0 aliphatic rings. The van der Waals surface area contributed by atoms with Gasteiger partial charge in [0.05, 0.1) is 18.4 Å². The summed E-state index contributed by atoms with van der Waals surface area (Å²) in [6.45, 7) is 1.80. The van der Waals surface area contributed by atoms with Crippen LogP contribution in [0.2, 0.25) is 0 Å². The zero-order valence-corrected chi connectivity index (χ0v) is 11.6. The highest BCUT2D eigenvalue weighted by Crippen LogP contribution is 2.29. The number of hydrogen-bond donors (Lipinski definition) is 1. The molecule has 0 fully saturated rings. The first-order valence-corrected chi connectivity index (χ1v) is 6.62. The monoisotopic (exact) mass is 274 g/mol. The number of nitrogens with zero attached hydrogens (tertiary/aromatic N) is 3. The zero-order chi connectivity index (χ0) is 13.7. The van der Waals surface area contributed by atoms with Crippen LogP contribution in [-0.2, 0) is 0 Å². The summed E-state index contributed by atoms with van der Waals surface area (Å²) in [5.41, 5.74) is 0.813. The van der Waals surface area contributed by atoms with Crippen LogP contribution in [0.15, 0.2) is 29.4 Å². The maximum atomic E-state index is 6.01. The molecule has 0 saturated carbocycles. The van der Waals surface area contributed by atoms with E-state index in [1.165, 1.54) is 16.4 Å². The van der Waals surface area contributed by atoms with E-state index in [4.69, 9.17) is 10.6 Å². The molecule has 0 aliphatic heterocycles. The van der Waals surface area contributed by atoms with Crippen molar-refractivity contribution in [1.29, 1.82) is 0 Å². The number of methoxy groups -OCH3 is 1. The number of para-hydroxylation sites is 1. The second kappa shape index (κ2) is 6.16. The van der Waals surface area contributed by atoms with E-state index in [-0.39, 0.29) is 0 Å². The fraction of sp³-hybridized carbons (Fsp3) is 0.231. The molecule has 0 radical (unpaired) electrons. The van der Waals surface area contributed by atoms with Crippen LogP contribution in [-0.4, -0.2) is 27.7 Å². The standard InChI is InChI=1S/C13H14N4OS/c1-3-4-9-19-13-16-15-12(17(13)14)10-7-5-6-8-11(10)18-2/h5-8H,9,14H2,1-2H3. The first-order chi connectivity index (χ1) is 9.27. The quantitative estimate of drug-likeness (QED) is 0.523. The first kappa shape index (κ1) is 13.3. The van der Waals surface area contributed by atoms with Gasteiger partial charge in [-0.05, 0) is 19.1 Å². The van der Waals surface area contributed by atoms with Crippen LogP contribution in [0.4, 0.5) is 0 Å². The van der Waals surface area contributed by atoms with Crippen molar-refractivity contribution in [3.8, 4) is 29.0 Å². The van der Waals surface area contributed by atoms with Gasteiger partial charge < -0.3 is 10.6 Å². The number of nitrogens with two attached hydrogens (primary N) is 1. The smallest absolute Gasteiger partial charge is 0.211 e. The van der Waals surface area contributed by atoms with Crippen LogP contribution >= 0.6 is 11.8 Å². The van der Waals surface area contributed by atoms with E-state index in [0.29, 0.717) is 22.5 Å². The number of rotatable bonds is 4. The molecule has 0 aliphatic carbocycles. The van der Waals surface area contributed by atoms with Gasteiger partial charge in [0.1, 0.15) is 5.75 Å². The Morgan fingerprint density at radius 3 is 2.89 bits per heavy atom. The van der Waals surface area contributed by atoms with Crippen LogP contribution in [0.3, 0.4) is 0 Å². The minimum absolute atomic E-state index is 0.574. The van der Waals surface area contributed by atoms with Gasteiger partial charge in [-0.15, -0.1) is 16.1 Å². The summed E-state index contributed by atoms with van der Waals surface area (Å²) in [6.07, 6.45) is 0. The lowest BCUT2D eigenvalue weighted by Crippen LogP contribution is -2.12. The van der Waals surface area contributed by atoms with E-state index < -0.39 is 0 Å². The molecule has 0 unspecified atom stereocenters.